The smallest absolute Gasteiger partial charge is 0.126 e. The number of halogens is 2. The lowest BCUT2D eigenvalue weighted by Gasteiger charge is -2.16. The van der Waals surface area contributed by atoms with Gasteiger partial charge in [0.25, 0.3) is 0 Å². The monoisotopic (exact) mass is 308 g/mol. The van der Waals surface area contributed by atoms with Crippen LogP contribution in [0, 0.1) is 18.6 Å². The molecule has 2 rings (SSSR count). The maximum absolute atomic E-state index is 13.7. The second-order valence-electron chi connectivity index (χ2n) is 4.88. The Morgan fingerprint density at radius 3 is 2.67 bits per heavy atom. The summed E-state index contributed by atoms with van der Waals surface area (Å²) in [7, 11) is 0. The van der Waals surface area contributed by atoms with Crippen LogP contribution in [0.5, 0.6) is 0 Å². The number of hydrogen-bond acceptors (Lipinski definition) is 3. The normalized spacial score (nSPS) is 12.4. The van der Waals surface area contributed by atoms with E-state index in [1.165, 1.54) is 11.6 Å². The van der Waals surface area contributed by atoms with E-state index in [1.54, 1.807) is 11.8 Å². The maximum atomic E-state index is 13.7. The van der Waals surface area contributed by atoms with Crippen LogP contribution < -0.4 is 11.3 Å². The maximum Gasteiger partial charge on any atom is 0.126 e. The van der Waals surface area contributed by atoms with Gasteiger partial charge in [0.1, 0.15) is 11.6 Å². The van der Waals surface area contributed by atoms with Gasteiger partial charge in [-0.2, -0.15) is 0 Å². The third-order valence-corrected chi connectivity index (χ3v) is 4.58. The zero-order valence-corrected chi connectivity index (χ0v) is 12.6. The second-order valence-corrected chi connectivity index (χ2v) is 5.94. The first-order valence-electron chi connectivity index (χ1n) is 6.68. The van der Waals surface area contributed by atoms with Gasteiger partial charge in [-0.3, -0.25) is 11.3 Å². The minimum absolute atomic E-state index is 0.133. The van der Waals surface area contributed by atoms with Crippen molar-refractivity contribution in [3.8, 4) is 0 Å². The zero-order chi connectivity index (χ0) is 15.2. The molecule has 0 saturated carbocycles. The quantitative estimate of drug-likeness (QED) is 0.488. The average Bonchev–Trinajstić information content (AvgIpc) is 2.48. The van der Waals surface area contributed by atoms with Crippen LogP contribution in [-0.2, 0) is 6.42 Å². The highest BCUT2D eigenvalue weighted by atomic mass is 32.2. The molecule has 0 aliphatic heterocycles. The summed E-state index contributed by atoms with van der Waals surface area (Å²) in [6.07, 6.45) is 0.346. The van der Waals surface area contributed by atoms with Crippen LogP contribution in [0.4, 0.5) is 8.78 Å². The largest absolute Gasteiger partial charge is 0.271 e. The summed E-state index contributed by atoms with van der Waals surface area (Å²) in [5, 5.41) is 0. The van der Waals surface area contributed by atoms with Crippen molar-refractivity contribution in [2.75, 3.05) is 5.75 Å². The number of hydrogen-bond donors (Lipinski definition) is 2. The first-order chi connectivity index (χ1) is 10.1. The van der Waals surface area contributed by atoms with Crippen LogP contribution in [0.15, 0.2) is 47.4 Å². The number of nitrogens with one attached hydrogen (secondary N) is 1. The molecule has 3 N–H and O–H groups in total. The van der Waals surface area contributed by atoms with Crippen molar-refractivity contribution in [3.05, 3.63) is 65.2 Å². The molecule has 0 radical (unpaired) electrons. The summed E-state index contributed by atoms with van der Waals surface area (Å²) in [4.78, 5) is 1.16. The lowest BCUT2D eigenvalue weighted by atomic mass is 10.1. The van der Waals surface area contributed by atoms with E-state index in [4.69, 9.17) is 5.84 Å². The van der Waals surface area contributed by atoms with Gasteiger partial charge in [-0.25, -0.2) is 8.78 Å². The van der Waals surface area contributed by atoms with Crippen molar-refractivity contribution in [3.63, 3.8) is 0 Å². The van der Waals surface area contributed by atoms with Gasteiger partial charge >= 0.3 is 0 Å². The first-order valence-corrected chi connectivity index (χ1v) is 7.67. The number of rotatable bonds is 6. The Kier molecular flexibility index (Phi) is 5.73. The van der Waals surface area contributed by atoms with Crippen LogP contribution in [0.2, 0.25) is 0 Å². The average molecular weight is 308 g/mol. The van der Waals surface area contributed by atoms with Crippen molar-refractivity contribution in [1.82, 2.24) is 5.43 Å². The molecule has 1 atom stereocenters. The molecular formula is C16H18F2N2S. The molecule has 0 spiro atoms. The predicted molar refractivity (Wildman–Crippen MR) is 83.1 cm³/mol. The van der Waals surface area contributed by atoms with E-state index in [2.05, 4.69) is 5.43 Å². The van der Waals surface area contributed by atoms with Gasteiger partial charge < -0.3 is 0 Å². The van der Waals surface area contributed by atoms with Gasteiger partial charge in [-0.05, 0) is 48.7 Å². The summed E-state index contributed by atoms with van der Waals surface area (Å²) in [5.41, 5.74) is 4.20. The van der Waals surface area contributed by atoms with Gasteiger partial charge in [0.2, 0.25) is 0 Å². The molecule has 2 aromatic rings. The number of aryl methyl sites for hydroxylation is 1. The van der Waals surface area contributed by atoms with Crippen molar-refractivity contribution in [1.29, 1.82) is 0 Å². The van der Waals surface area contributed by atoms with Crippen LogP contribution in [0.3, 0.4) is 0 Å². The molecule has 2 nitrogen and oxygen atoms in total. The molecule has 0 aliphatic rings. The number of thioether (sulfide) groups is 1. The molecule has 0 aliphatic carbocycles. The SMILES string of the molecule is Cc1ccccc1SCC(Cc1cc(F)ccc1F)NN. The van der Waals surface area contributed by atoms with E-state index in [1.807, 2.05) is 31.2 Å². The molecule has 0 fully saturated rings. The highest BCUT2D eigenvalue weighted by Gasteiger charge is 2.13. The van der Waals surface area contributed by atoms with Crippen LogP contribution in [0.25, 0.3) is 0 Å². The first kappa shape index (κ1) is 15.9. The Hall–Kier alpha value is -1.43. The standard InChI is InChI=1S/C16H18F2N2S/c1-11-4-2-3-5-16(11)21-10-14(20-19)9-12-8-13(17)6-7-15(12)18/h2-8,14,20H,9-10,19H2,1H3. The van der Waals surface area contributed by atoms with Crippen molar-refractivity contribution in [2.45, 2.75) is 24.3 Å². The van der Waals surface area contributed by atoms with E-state index < -0.39 is 11.6 Å². The summed E-state index contributed by atoms with van der Waals surface area (Å²) < 4.78 is 26.8. The number of hydrazine groups is 1. The molecule has 0 heterocycles. The molecule has 2 aromatic carbocycles. The third kappa shape index (κ3) is 4.52. The van der Waals surface area contributed by atoms with E-state index >= 15 is 0 Å². The van der Waals surface area contributed by atoms with Gasteiger partial charge in [0, 0.05) is 16.7 Å². The Balaban J connectivity index is 2.00. The van der Waals surface area contributed by atoms with Crippen LogP contribution >= 0.6 is 11.8 Å². The molecule has 112 valence electrons. The fourth-order valence-corrected chi connectivity index (χ4v) is 3.11. The Bertz CT molecular complexity index is 605. The molecular weight excluding hydrogens is 290 g/mol. The summed E-state index contributed by atoms with van der Waals surface area (Å²) in [6.45, 7) is 2.04. The Morgan fingerprint density at radius 1 is 1.19 bits per heavy atom. The molecule has 0 saturated heterocycles. The van der Waals surface area contributed by atoms with Gasteiger partial charge in [-0.1, -0.05) is 18.2 Å². The third-order valence-electron chi connectivity index (χ3n) is 3.24. The van der Waals surface area contributed by atoms with E-state index in [0.29, 0.717) is 17.7 Å². The highest BCUT2D eigenvalue weighted by molar-refractivity contribution is 7.99. The lowest BCUT2D eigenvalue weighted by Crippen LogP contribution is -2.38. The minimum atomic E-state index is -0.436. The van der Waals surface area contributed by atoms with E-state index in [0.717, 1.165) is 17.0 Å². The number of nitrogens with two attached hydrogens (primary N) is 1. The summed E-state index contributed by atoms with van der Waals surface area (Å²) in [5.74, 6) is 5.37. The summed E-state index contributed by atoms with van der Waals surface area (Å²) in [6, 6.07) is 11.4. The molecule has 0 amide bonds. The van der Waals surface area contributed by atoms with Crippen molar-refractivity contribution in [2.24, 2.45) is 5.84 Å². The van der Waals surface area contributed by atoms with Gasteiger partial charge in [0.05, 0.1) is 0 Å². The highest BCUT2D eigenvalue weighted by Crippen LogP contribution is 2.23. The Morgan fingerprint density at radius 2 is 1.95 bits per heavy atom. The molecule has 1 unspecified atom stereocenters. The van der Waals surface area contributed by atoms with E-state index in [9.17, 15) is 8.78 Å². The molecule has 0 aromatic heterocycles. The summed E-state index contributed by atoms with van der Waals surface area (Å²) >= 11 is 1.65. The van der Waals surface area contributed by atoms with Gasteiger partial charge in [-0.15, -0.1) is 11.8 Å². The van der Waals surface area contributed by atoms with Gasteiger partial charge in [0.15, 0.2) is 0 Å². The number of benzene rings is 2. The predicted octanol–water partition coefficient (Wildman–Crippen LogP) is 3.44. The molecule has 0 bridgehead atoms. The Labute approximate surface area is 127 Å². The zero-order valence-electron chi connectivity index (χ0n) is 11.8. The topological polar surface area (TPSA) is 38.0 Å². The van der Waals surface area contributed by atoms with Crippen molar-refractivity contribution >= 4 is 11.8 Å². The fourth-order valence-electron chi connectivity index (χ4n) is 2.04. The minimum Gasteiger partial charge on any atom is -0.271 e. The second kappa shape index (κ2) is 7.54. The lowest BCUT2D eigenvalue weighted by molar-refractivity contribution is 0.538. The molecule has 21 heavy (non-hydrogen) atoms. The van der Waals surface area contributed by atoms with Crippen molar-refractivity contribution < 1.29 is 8.78 Å². The van der Waals surface area contributed by atoms with Crippen LogP contribution in [-0.4, -0.2) is 11.8 Å². The molecule has 5 heteroatoms. The van der Waals surface area contributed by atoms with Crippen LogP contribution in [0.1, 0.15) is 11.1 Å². The fraction of sp³-hybridized carbons (Fsp3) is 0.250. The van der Waals surface area contributed by atoms with E-state index in [-0.39, 0.29) is 6.04 Å².